The van der Waals surface area contributed by atoms with E-state index >= 15 is 0 Å². The molecular weight excluding hydrogens is 246 g/mol. The van der Waals surface area contributed by atoms with E-state index in [0.717, 1.165) is 16.2 Å². The third kappa shape index (κ3) is 2.85. The number of nitrogens with one attached hydrogen (secondary N) is 1. The molecule has 0 aliphatic carbocycles. The Morgan fingerprint density at radius 3 is 2.83 bits per heavy atom. The maximum absolute atomic E-state index is 11.6. The second-order valence-corrected chi connectivity index (χ2v) is 5.40. The Labute approximate surface area is 111 Å². The molecule has 1 aromatic heterocycles. The summed E-state index contributed by atoms with van der Waals surface area (Å²) >= 11 is 1.46. The van der Waals surface area contributed by atoms with Gasteiger partial charge in [-0.15, -0.1) is 0 Å². The first kappa shape index (κ1) is 13.0. The summed E-state index contributed by atoms with van der Waals surface area (Å²) in [4.78, 5) is 16.1. The van der Waals surface area contributed by atoms with Crippen LogP contribution in [0.1, 0.15) is 13.8 Å². The van der Waals surface area contributed by atoms with Gasteiger partial charge in [-0.3, -0.25) is 4.79 Å². The van der Waals surface area contributed by atoms with Crippen LogP contribution in [0.5, 0.6) is 0 Å². The van der Waals surface area contributed by atoms with Gasteiger partial charge >= 0.3 is 0 Å². The standard InChI is InChI=1S/C13H17N3OS/c1-9(2)14-12(17)8-18-13-15-10-6-4-5-7-11(10)16(13)3/h4-7,9H,8H2,1-3H3,(H,14,17). The van der Waals surface area contributed by atoms with Crippen LogP contribution in [-0.4, -0.2) is 27.3 Å². The highest BCUT2D eigenvalue weighted by atomic mass is 32.2. The maximum Gasteiger partial charge on any atom is 0.230 e. The van der Waals surface area contributed by atoms with Gasteiger partial charge in [0.25, 0.3) is 0 Å². The third-order valence-corrected chi connectivity index (χ3v) is 3.56. The second kappa shape index (κ2) is 5.44. The fourth-order valence-corrected chi connectivity index (χ4v) is 2.54. The monoisotopic (exact) mass is 263 g/mol. The van der Waals surface area contributed by atoms with Crippen LogP contribution >= 0.6 is 11.8 Å². The molecule has 1 aromatic carbocycles. The van der Waals surface area contributed by atoms with Gasteiger partial charge in [0.2, 0.25) is 5.91 Å². The predicted molar refractivity (Wildman–Crippen MR) is 74.7 cm³/mol. The molecule has 18 heavy (non-hydrogen) atoms. The van der Waals surface area contributed by atoms with Gasteiger partial charge in [-0.25, -0.2) is 4.98 Å². The summed E-state index contributed by atoms with van der Waals surface area (Å²) in [5, 5.41) is 3.74. The van der Waals surface area contributed by atoms with Crippen molar-refractivity contribution in [3.8, 4) is 0 Å². The van der Waals surface area contributed by atoms with Crippen molar-refractivity contribution in [2.45, 2.75) is 25.0 Å². The molecule has 2 rings (SSSR count). The zero-order valence-corrected chi connectivity index (χ0v) is 11.6. The summed E-state index contributed by atoms with van der Waals surface area (Å²) in [6, 6.07) is 8.14. The summed E-state index contributed by atoms with van der Waals surface area (Å²) in [6.45, 7) is 3.91. The molecule has 0 aliphatic heterocycles. The van der Waals surface area contributed by atoms with Gasteiger partial charge in [-0.05, 0) is 26.0 Å². The number of rotatable bonds is 4. The van der Waals surface area contributed by atoms with E-state index < -0.39 is 0 Å². The smallest absolute Gasteiger partial charge is 0.230 e. The zero-order valence-electron chi connectivity index (χ0n) is 10.8. The van der Waals surface area contributed by atoms with Gasteiger partial charge in [0.1, 0.15) is 0 Å². The number of thioether (sulfide) groups is 1. The second-order valence-electron chi connectivity index (χ2n) is 4.45. The van der Waals surface area contributed by atoms with Crippen molar-refractivity contribution in [2.75, 3.05) is 5.75 Å². The number of hydrogen-bond donors (Lipinski definition) is 1. The minimum atomic E-state index is 0.0436. The van der Waals surface area contributed by atoms with Crippen molar-refractivity contribution in [3.05, 3.63) is 24.3 Å². The van der Waals surface area contributed by atoms with E-state index in [0.29, 0.717) is 5.75 Å². The number of benzene rings is 1. The molecule has 0 bridgehead atoms. The number of aromatic nitrogens is 2. The lowest BCUT2D eigenvalue weighted by atomic mass is 10.3. The van der Waals surface area contributed by atoms with Crippen molar-refractivity contribution < 1.29 is 4.79 Å². The molecule has 1 heterocycles. The van der Waals surface area contributed by atoms with Gasteiger partial charge in [0, 0.05) is 13.1 Å². The summed E-state index contributed by atoms with van der Waals surface area (Å²) < 4.78 is 2.02. The Morgan fingerprint density at radius 2 is 2.17 bits per heavy atom. The minimum absolute atomic E-state index is 0.0436. The van der Waals surface area contributed by atoms with E-state index in [4.69, 9.17) is 0 Å². The van der Waals surface area contributed by atoms with Crippen LogP contribution in [-0.2, 0) is 11.8 Å². The number of hydrogen-bond acceptors (Lipinski definition) is 3. The summed E-state index contributed by atoms with van der Waals surface area (Å²) in [7, 11) is 1.97. The molecule has 5 heteroatoms. The number of carbonyl (C=O) groups excluding carboxylic acids is 1. The van der Waals surface area contributed by atoms with Crippen LogP contribution < -0.4 is 5.32 Å². The van der Waals surface area contributed by atoms with Crippen molar-refractivity contribution in [1.82, 2.24) is 14.9 Å². The van der Waals surface area contributed by atoms with Gasteiger partial charge < -0.3 is 9.88 Å². The Balaban J connectivity index is 2.08. The normalized spacial score (nSPS) is 11.1. The van der Waals surface area contributed by atoms with Crippen molar-refractivity contribution >= 4 is 28.7 Å². The molecule has 0 radical (unpaired) electrons. The van der Waals surface area contributed by atoms with E-state index in [1.165, 1.54) is 11.8 Å². The molecule has 1 N–H and O–H groups in total. The van der Waals surface area contributed by atoms with Crippen LogP contribution in [0.15, 0.2) is 29.4 Å². The Bertz CT molecular complexity index is 562. The van der Waals surface area contributed by atoms with Crippen LogP contribution in [0.2, 0.25) is 0 Å². The van der Waals surface area contributed by atoms with Crippen LogP contribution in [0, 0.1) is 0 Å². The first-order valence-electron chi connectivity index (χ1n) is 5.91. The van der Waals surface area contributed by atoms with E-state index in [1.54, 1.807) is 0 Å². The fraction of sp³-hybridized carbons (Fsp3) is 0.385. The maximum atomic E-state index is 11.6. The molecule has 0 unspecified atom stereocenters. The number of aryl methyl sites for hydroxylation is 1. The average Bonchev–Trinajstić information content (AvgIpc) is 2.64. The van der Waals surface area contributed by atoms with E-state index in [-0.39, 0.29) is 11.9 Å². The van der Waals surface area contributed by atoms with E-state index in [9.17, 15) is 4.79 Å². The summed E-state index contributed by atoms with van der Waals surface area (Å²) in [5.41, 5.74) is 2.05. The van der Waals surface area contributed by atoms with Gasteiger partial charge in [-0.1, -0.05) is 23.9 Å². The van der Waals surface area contributed by atoms with Crippen LogP contribution in [0.3, 0.4) is 0 Å². The molecule has 2 aromatic rings. The Hall–Kier alpha value is -1.49. The first-order chi connectivity index (χ1) is 8.58. The minimum Gasteiger partial charge on any atom is -0.353 e. The van der Waals surface area contributed by atoms with Gasteiger partial charge in [-0.2, -0.15) is 0 Å². The van der Waals surface area contributed by atoms with Crippen LogP contribution in [0.25, 0.3) is 11.0 Å². The first-order valence-corrected chi connectivity index (χ1v) is 6.90. The van der Waals surface area contributed by atoms with E-state index in [1.807, 2.05) is 49.7 Å². The molecule has 96 valence electrons. The molecule has 4 nitrogen and oxygen atoms in total. The van der Waals surface area contributed by atoms with Crippen molar-refractivity contribution in [3.63, 3.8) is 0 Å². The fourth-order valence-electron chi connectivity index (χ4n) is 1.75. The molecule has 0 fully saturated rings. The van der Waals surface area contributed by atoms with Crippen molar-refractivity contribution in [2.24, 2.45) is 7.05 Å². The largest absolute Gasteiger partial charge is 0.353 e. The zero-order chi connectivity index (χ0) is 13.1. The highest BCUT2D eigenvalue weighted by molar-refractivity contribution is 7.99. The number of imidazole rings is 1. The number of para-hydroxylation sites is 2. The van der Waals surface area contributed by atoms with E-state index in [2.05, 4.69) is 10.3 Å². The molecule has 0 saturated heterocycles. The van der Waals surface area contributed by atoms with Gasteiger partial charge in [0.05, 0.1) is 16.8 Å². The number of nitrogens with zero attached hydrogens (tertiary/aromatic N) is 2. The summed E-state index contributed by atoms with van der Waals surface area (Å²) in [6.07, 6.45) is 0. The lowest BCUT2D eigenvalue weighted by molar-refractivity contribution is -0.119. The molecule has 1 amide bonds. The Morgan fingerprint density at radius 1 is 1.44 bits per heavy atom. The van der Waals surface area contributed by atoms with Gasteiger partial charge in [0.15, 0.2) is 5.16 Å². The summed E-state index contributed by atoms with van der Waals surface area (Å²) in [5.74, 6) is 0.442. The molecule has 0 spiro atoms. The highest BCUT2D eigenvalue weighted by Gasteiger charge is 2.10. The SMILES string of the molecule is CC(C)NC(=O)CSc1nc2ccccc2n1C. The number of fused-ring (bicyclic) bond motifs is 1. The lowest BCUT2D eigenvalue weighted by Gasteiger charge is -2.07. The molecule has 0 saturated carbocycles. The number of carbonyl (C=O) groups is 1. The molecule has 0 atom stereocenters. The third-order valence-electron chi connectivity index (χ3n) is 2.53. The molecular formula is C13H17N3OS. The lowest BCUT2D eigenvalue weighted by Crippen LogP contribution is -2.31. The average molecular weight is 263 g/mol. The quantitative estimate of drug-likeness (QED) is 0.860. The molecule has 0 aliphatic rings. The highest BCUT2D eigenvalue weighted by Crippen LogP contribution is 2.22. The van der Waals surface area contributed by atoms with Crippen molar-refractivity contribution in [1.29, 1.82) is 0 Å². The Kier molecular flexibility index (Phi) is 3.91. The predicted octanol–water partition coefficient (Wildman–Crippen LogP) is 2.19. The number of amides is 1. The van der Waals surface area contributed by atoms with Crippen LogP contribution in [0.4, 0.5) is 0 Å². The topological polar surface area (TPSA) is 46.9 Å².